The second kappa shape index (κ2) is 8.33. The maximum Gasteiger partial charge on any atom is 0.320 e. The average Bonchev–Trinajstić information content (AvgIpc) is 2.38. The van der Waals surface area contributed by atoms with Crippen molar-refractivity contribution >= 4 is 21.9 Å². The van der Waals surface area contributed by atoms with Gasteiger partial charge in [-0.1, -0.05) is 60.1 Å². The number of benzene rings is 1. The topological polar surface area (TPSA) is 29.5 Å². The molecule has 0 aliphatic carbocycles. The highest BCUT2D eigenvalue weighted by atomic mass is 79.9. The van der Waals surface area contributed by atoms with E-state index in [4.69, 9.17) is 4.74 Å². The first-order valence-corrected chi connectivity index (χ1v) is 7.45. The molecule has 0 spiro atoms. The smallest absolute Gasteiger partial charge is 0.320 e. The first-order valence-electron chi connectivity index (χ1n) is 6.54. The number of hydrogen-bond donors (Lipinski definition) is 0. The van der Waals surface area contributed by atoms with Crippen LogP contribution in [0, 0.1) is 5.92 Å². The fraction of sp³-hybridized carbons (Fsp3) is 0.533. The van der Waals surface area contributed by atoms with E-state index in [0.717, 1.165) is 13.1 Å². The summed E-state index contributed by atoms with van der Waals surface area (Å²) in [4.78, 5) is 13.6. The molecule has 0 aromatic heterocycles. The quantitative estimate of drug-likeness (QED) is 0.569. The minimum atomic E-state index is -0.216. The van der Waals surface area contributed by atoms with E-state index < -0.39 is 0 Å². The Morgan fingerprint density at radius 1 is 1.32 bits per heavy atom. The van der Waals surface area contributed by atoms with Gasteiger partial charge in [-0.15, -0.1) is 0 Å². The SMILES string of the molecule is CC(C)[C@@H](Br)C(=O)OCCN(C)Cc1ccccc1. The van der Waals surface area contributed by atoms with E-state index in [1.54, 1.807) is 0 Å². The monoisotopic (exact) mass is 327 g/mol. The van der Waals surface area contributed by atoms with E-state index in [2.05, 4.69) is 33.0 Å². The van der Waals surface area contributed by atoms with Gasteiger partial charge in [0.2, 0.25) is 0 Å². The summed E-state index contributed by atoms with van der Waals surface area (Å²) < 4.78 is 5.25. The van der Waals surface area contributed by atoms with Crippen molar-refractivity contribution in [2.45, 2.75) is 25.2 Å². The molecule has 106 valence electrons. The Kier molecular flexibility index (Phi) is 7.10. The number of esters is 1. The van der Waals surface area contributed by atoms with Crippen LogP contribution in [0.5, 0.6) is 0 Å². The van der Waals surface area contributed by atoms with E-state index in [-0.39, 0.29) is 16.7 Å². The normalized spacial score (nSPS) is 12.7. The lowest BCUT2D eigenvalue weighted by molar-refractivity contribution is -0.143. The van der Waals surface area contributed by atoms with E-state index in [9.17, 15) is 4.79 Å². The molecule has 4 heteroatoms. The lowest BCUT2D eigenvalue weighted by Gasteiger charge is -2.18. The molecule has 3 nitrogen and oxygen atoms in total. The summed E-state index contributed by atoms with van der Waals surface area (Å²) in [5, 5.41) is 0. The van der Waals surface area contributed by atoms with Gasteiger partial charge in [0.05, 0.1) is 0 Å². The molecule has 0 radical (unpaired) electrons. The maximum absolute atomic E-state index is 11.6. The summed E-state index contributed by atoms with van der Waals surface area (Å²) in [6.07, 6.45) is 0. The second-order valence-corrected chi connectivity index (χ2v) is 6.02. The molecule has 0 aliphatic rings. The molecule has 0 fully saturated rings. The van der Waals surface area contributed by atoms with E-state index in [0.29, 0.717) is 6.61 Å². The molecule has 0 unspecified atom stereocenters. The van der Waals surface area contributed by atoms with Crippen molar-refractivity contribution in [3.63, 3.8) is 0 Å². The third-order valence-electron chi connectivity index (χ3n) is 2.82. The standard InChI is InChI=1S/C15H22BrNO2/c1-12(2)14(16)15(18)19-10-9-17(3)11-13-7-5-4-6-8-13/h4-8,12,14H,9-11H2,1-3H3/t14-/m1/s1. The Hall–Kier alpha value is -0.870. The van der Waals surface area contributed by atoms with Gasteiger partial charge < -0.3 is 4.74 Å². The van der Waals surface area contributed by atoms with Crippen molar-refractivity contribution in [3.05, 3.63) is 35.9 Å². The molecule has 0 saturated heterocycles. The lowest BCUT2D eigenvalue weighted by atomic mass is 10.1. The van der Waals surface area contributed by atoms with Crippen LogP contribution in [0.4, 0.5) is 0 Å². The fourth-order valence-corrected chi connectivity index (χ4v) is 1.76. The summed E-state index contributed by atoms with van der Waals surface area (Å²) in [6.45, 7) is 6.00. The van der Waals surface area contributed by atoms with Gasteiger partial charge in [-0.05, 0) is 18.5 Å². The van der Waals surface area contributed by atoms with Crippen molar-refractivity contribution in [2.75, 3.05) is 20.2 Å². The third kappa shape index (κ3) is 6.21. The number of likely N-dealkylation sites (N-methyl/N-ethyl adjacent to an activating group) is 1. The minimum absolute atomic E-state index is 0.178. The Balaban J connectivity index is 2.24. The van der Waals surface area contributed by atoms with Gasteiger partial charge in [0.25, 0.3) is 0 Å². The Morgan fingerprint density at radius 2 is 1.95 bits per heavy atom. The van der Waals surface area contributed by atoms with Crippen LogP contribution in [-0.2, 0) is 16.1 Å². The van der Waals surface area contributed by atoms with Crippen LogP contribution in [0.1, 0.15) is 19.4 Å². The van der Waals surface area contributed by atoms with Gasteiger partial charge in [-0.3, -0.25) is 9.69 Å². The second-order valence-electron chi connectivity index (χ2n) is 5.04. The molecule has 0 aliphatic heterocycles. The first kappa shape index (κ1) is 16.2. The number of carbonyl (C=O) groups is 1. The molecule has 1 rings (SSSR count). The largest absolute Gasteiger partial charge is 0.463 e. The van der Waals surface area contributed by atoms with Crippen LogP contribution in [-0.4, -0.2) is 35.9 Å². The first-order chi connectivity index (χ1) is 9.00. The Bertz CT molecular complexity index is 381. The number of ether oxygens (including phenoxy) is 1. The van der Waals surface area contributed by atoms with Crippen LogP contribution in [0.2, 0.25) is 0 Å². The molecule has 0 heterocycles. The zero-order valence-electron chi connectivity index (χ0n) is 11.8. The molecule has 1 aromatic carbocycles. The number of hydrogen-bond acceptors (Lipinski definition) is 3. The van der Waals surface area contributed by atoms with Gasteiger partial charge >= 0.3 is 5.97 Å². The van der Waals surface area contributed by atoms with Gasteiger partial charge in [0.1, 0.15) is 11.4 Å². The molecular formula is C15H22BrNO2. The zero-order valence-corrected chi connectivity index (χ0v) is 13.4. The number of carbonyl (C=O) groups excluding carboxylic acids is 1. The summed E-state index contributed by atoms with van der Waals surface area (Å²) in [5.41, 5.74) is 1.26. The van der Waals surface area contributed by atoms with Crippen molar-refractivity contribution < 1.29 is 9.53 Å². The third-order valence-corrected chi connectivity index (χ3v) is 4.25. The van der Waals surface area contributed by atoms with Crippen molar-refractivity contribution in [3.8, 4) is 0 Å². The van der Waals surface area contributed by atoms with E-state index >= 15 is 0 Å². The number of alkyl halides is 1. The van der Waals surface area contributed by atoms with Crippen LogP contribution >= 0.6 is 15.9 Å². The van der Waals surface area contributed by atoms with Crippen LogP contribution in [0.3, 0.4) is 0 Å². The van der Waals surface area contributed by atoms with Crippen LogP contribution in [0.15, 0.2) is 30.3 Å². The maximum atomic E-state index is 11.6. The van der Waals surface area contributed by atoms with Gasteiger partial charge in [-0.25, -0.2) is 0 Å². The molecule has 0 saturated carbocycles. The highest BCUT2D eigenvalue weighted by Gasteiger charge is 2.19. The zero-order chi connectivity index (χ0) is 14.3. The van der Waals surface area contributed by atoms with Crippen LogP contribution < -0.4 is 0 Å². The highest BCUT2D eigenvalue weighted by molar-refractivity contribution is 9.10. The molecule has 19 heavy (non-hydrogen) atoms. The van der Waals surface area contributed by atoms with Crippen molar-refractivity contribution in [1.29, 1.82) is 0 Å². The average molecular weight is 328 g/mol. The minimum Gasteiger partial charge on any atom is -0.463 e. The van der Waals surface area contributed by atoms with E-state index in [1.807, 2.05) is 39.1 Å². The highest BCUT2D eigenvalue weighted by Crippen LogP contribution is 2.13. The summed E-state index contributed by atoms with van der Waals surface area (Å²) in [7, 11) is 2.02. The molecule has 0 bridgehead atoms. The Labute approximate surface area is 124 Å². The Morgan fingerprint density at radius 3 is 2.53 bits per heavy atom. The molecule has 1 aromatic rings. The van der Waals surface area contributed by atoms with Crippen molar-refractivity contribution in [2.24, 2.45) is 5.92 Å². The molecule has 0 amide bonds. The predicted molar refractivity (Wildman–Crippen MR) is 81.3 cm³/mol. The number of nitrogens with zero attached hydrogens (tertiary/aromatic N) is 1. The molecule has 0 N–H and O–H groups in total. The summed E-state index contributed by atoms with van der Waals surface area (Å²) in [6, 6.07) is 10.3. The molecule has 1 atom stereocenters. The molecular weight excluding hydrogens is 306 g/mol. The predicted octanol–water partition coefficient (Wildman–Crippen LogP) is 3.08. The summed E-state index contributed by atoms with van der Waals surface area (Å²) in [5.74, 6) is 0.0673. The van der Waals surface area contributed by atoms with Gasteiger partial charge in [0, 0.05) is 13.1 Å². The van der Waals surface area contributed by atoms with Gasteiger partial charge in [-0.2, -0.15) is 0 Å². The number of rotatable bonds is 7. The van der Waals surface area contributed by atoms with Crippen molar-refractivity contribution in [1.82, 2.24) is 4.90 Å². The summed E-state index contributed by atoms with van der Waals surface area (Å²) >= 11 is 3.34. The van der Waals surface area contributed by atoms with E-state index in [1.165, 1.54) is 5.56 Å². The number of halogens is 1. The van der Waals surface area contributed by atoms with Crippen LogP contribution in [0.25, 0.3) is 0 Å². The fourth-order valence-electron chi connectivity index (χ4n) is 1.63. The van der Waals surface area contributed by atoms with Gasteiger partial charge in [0.15, 0.2) is 0 Å². The lowest BCUT2D eigenvalue weighted by Crippen LogP contribution is -2.28.